The fourth-order valence-electron chi connectivity index (χ4n) is 2.26. The van der Waals surface area contributed by atoms with Crippen molar-refractivity contribution in [3.05, 3.63) is 71.6 Å². The van der Waals surface area contributed by atoms with E-state index in [9.17, 15) is 4.79 Å². The van der Waals surface area contributed by atoms with Gasteiger partial charge in [0, 0.05) is 18.0 Å². The number of hydrogen-bond donors (Lipinski definition) is 1. The highest BCUT2D eigenvalue weighted by molar-refractivity contribution is 5.95. The Bertz CT molecular complexity index is 679. The standard InChI is InChI=1S/C20H23N3O/c1-2-3-5-10-18(15-17-8-6-4-7-9-17)16-22-23-20(24)19-11-13-21-14-12-19/h4,6-9,11-16H,2-3,5,10H2,1H3,(H,23,24)/b18-15+,22-16+. The number of amides is 1. The predicted octanol–water partition coefficient (Wildman–Crippen LogP) is 4.46. The number of aromatic nitrogens is 1. The molecular formula is C20H23N3O. The van der Waals surface area contributed by atoms with Crippen LogP contribution in [0.5, 0.6) is 0 Å². The van der Waals surface area contributed by atoms with Crippen molar-refractivity contribution in [2.45, 2.75) is 32.6 Å². The number of nitrogens with one attached hydrogen (secondary N) is 1. The minimum absolute atomic E-state index is 0.235. The molecule has 0 aliphatic rings. The third-order valence-electron chi connectivity index (χ3n) is 3.56. The molecule has 0 fully saturated rings. The highest BCUT2D eigenvalue weighted by Crippen LogP contribution is 2.12. The monoisotopic (exact) mass is 321 g/mol. The summed E-state index contributed by atoms with van der Waals surface area (Å²) in [6.45, 7) is 2.18. The Morgan fingerprint density at radius 2 is 1.88 bits per heavy atom. The minimum atomic E-state index is -0.235. The maximum Gasteiger partial charge on any atom is 0.271 e. The summed E-state index contributed by atoms with van der Waals surface area (Å²) in [5.74, 6) is -0.235. The number of benzene rings is 1. The van der Waals surface area contributed by atoms with Crippen molar-refractivity contribution >= 4 is 18.2 Å². The van der Waals surface area contributed by atoms with E-state index < -0.39 is 0 Å². The Balaban J connectivity index is 2.01. The van der Waals surface area contributed by atoms with E-state index in [0.717, 1.165) is 24.0 Å². The molecule has 1 heterocycles. The summed E-state index contributed by atoms with van der Waals surface area (Å²) in [6.07, 6.45) is 11.4. The SMILES string of the molecule is CCCCCC(/C=N/NC(=O)c1ccncc1)=C\c1ccccc1. The van der Waals surface area contributed by atoms with Crippen LogP contribution in [0.25, 0.3) is 6.08 Å². The lowest BCUT2D eigenvalue weighted by Gasteiger charge is -2.03. The fraction of sp³-hybridized carbons (Fsp3) is 0.250. The van der Waals surface area contributed by atoms with Crippen molar-refractivity contribution in [3.8, 4) is 0 Å². The molecular weight excluding hydrogens is 298 g/mol. The molecule has 1 N–H and O–H groups in total. The van der Waals surface area contributed by atoms with E-state index in [1.165, 1.54) is 12.8 Å². The maximum atomic E-state index is 12.0. The van der Waals surface area contributed by atoms with Gasteiger partial charge in [-0.3, -0.25) is 9.78 Å². The Morgan fingerprint density at radius 1 is 1.12 bits per heavy atom. The molecule has 2 rings (SSSR count). The molecule has 0 radical (unpaired) electrons. The van der Waals surface area contributed by atoms with E-state index in [1.807, 2.05) is 18.2 Å². The van der Waals surface area contributed by atoms with Gasteiger partial charge in [0.1, 0.15) is 0 Å². The van der Waals surface area contributed by atoms with Crippen LogP contribution in [-0.4, -0.2) is 17.1 Å². The Morgan fingerprint density at radius 3 is 2.58 bits per heavy atom. The van der Waals surface area contributed by atoms with Gasteiger partial charge >= 0.3 is 0 Å². The average molecular weight is 321 g/mol. The molecule has 2 aromatic rings. The van der Waals surface area contributed by atoms with E-state index in [4.69, 9.17) is 0 Å². The number of hydrogen-bond acceptors (Lipinski definition) is 3. The summed E-state index contributed by atoms with van der Waals surface area (Å²) in [6, 6.07) is 13.5. The molecule has 4 nitrogen and oxygen atoms in total. The van der Waals surface area contributed by atoms with Gasteiger partial charge in [-0.05, 0) is 36.1 Å². The summed E-state index contributed by atoms with van der Waals surface area (Å²) in [7, 11) is 0. The van der Waals surface area contributed by atoms with Crippen LogP contribution in [0.15, 0.2) is 65.5 Å². The van der Waals surface area contributed by atoms with Crippen molar-refractivity contribution < 1.29 is 4.79 Å². The van der Waals surface area contributed by atoms with E-state index >= 15 is 0 Å². The second kappa shape index (κ2) is 10.1. The average Bonchev–Trinajstić information content (AvgIpc) is 2.63. The zero-order chi connectivity index (χ0) is 17.0. The van der Waals surface area contributed by atoms with Gasteiger partial charge < -0.3 is 0 Å². The third-order valence-corrected chi connectivity index (χ3v) is 3.56. The van der Waals surface area contributed by atoms with Crippen molar-refractivity contribution in [2.24, 2.45) is 5.10 Å². The Hall–Kier alpha value is -2.75. The molecule has 4 heteroatoms. The van der Waals surface area contributed by atoms with Gasteiger partial charge in [-0.25, -0.2) is 5.43 Å². The first-order valence-electron chi connectivity index (χ1n) is 8.28. The highest BCUT2D eigenvalue weighted by atomic mass is 16.2. The lowest BCUT2D eigenvalue weighted by molar-refractivity contribution is 0.0955. The third kappa shape index (κ3) is 6.16. The van der Waals surface area contributed by atoms with Crippen molar-refractivity contribution in [2.75, 3.05) is 0 Å². The normalized spacial score (nSPS) is 11.6. The van der Waals surface area contributed by atoms with Crippen LogP contribution in [0.4, 0.5) is 0 Å². The van der Waals surface area contributed by atoms with E-state index in [1.54, 1.807) is 30.7 Å². The molecule has 0 saturated heterocycles. The van der Waals surface area contributed by atoms with Crippen molar-refractivity contribution in [1.29, 1.82) is 0 Å². The molecule has 0 spiro atoms. The molecule has 0 unspecified atom stereocenters. The number of allylic oxidation sites excluding steroid dienone is 1. The zero-order valence-corrected chi connectivity index (χ0v) is 14.0. The first-order valence-corrected chi connectivity index (χ1v) is 8.28. The topological polar surface area (TPSA) is 54.4 Å². The zero-order valence-electron chi connectivity index (χ0n) is 14.0. The number of rotatable bonds is 8. The summed E-state index contributed by atoms with van der Waals surface area (Å²) < 4.78 is 0. The predicted molar refractivity (Wildman–Crippen MR) is 98.8 cm³/mol. The molecule has 0 saturated carbocycles. The minimum Gasteiger partial charge on any atom is -0.267 e. The van der Waals surface area contributed by atoms with Crippen molar-refractivity contribution in [1.82, 2.24) is 10.4 Å². The molecule has 1 amide bonds. The summed E-state index contributed by atoms with van der Waals surface area (Å²) in [4.78, 5) is 15.9. The molecule has 0 bridgehead atoms. The van der Waals surface area contributed by atoms with Crippen molar-refractivity contribution in [3.63, 3.8) is 0 Å². The van der Waals surface area contributed by atoms with Crippen LogP contribution in [0.3, 0.4) is 0 Å². The molecule has 1 aromatic carbocycles. The molecule has 0 atom stereocenters. The van der Waals surface area contributed by atoms with Gasteiger partial charge in [0.2, 0.25) is 0 Å². The first-order chi connectivity index (χ1) is 11.8. The maximum absolute atomic E-state index is 12.0. The summed E-state index contributed by atoms with van der Waals surface area (Å²) in [5, 5.41) is 4.11. The number of carbonyl (C=O) groups excluding carboxylic acids is 1. The molecule has 24 heavy (non-hydrogen) atoms. The summed E-state index contributed by atoms with van der Waals surface area (Å²) in [5.41, 5.74) is 5.35. The van der Waals surface area contributed by atoms with Crippen LogP contribution in [0, 0.1) is 0 Å². The van der Waals surface area contributed by atoms with Crippen LogP contribution in [-0.2, 0) is 0 Å². The molecule has 124 valence electrons. The number of nitrogens with zero attached hydrogens (tertiary/aromatic N) is 2. The largest absolute Gasteiger partial charge is 0.271 e. The van der Waals surface area contributed by atoms with E-state index in [-0.39, 0.29) is 5.91 Å². The number of pyridine rings is 1. The van der Waals surface area contributed by atoms with Gasteiger partial charge in [0.05, 0.1) is 6.21 Å². The van der Waals surface area contributed by atoms with Gasteiger partial charge in [-0.1, -0.05) is 56.2 Å². The lowest BCUT2D eigenvalue weighted by atomic mass is 10.1. The van der Waals surface area contributed by atoms with Crippen LogP contribution in [0.2, 0.25) is 0 Å². The Kier molecular flexibility index (Phi) is 7.41. The highest BCUT2D eigenvalue weighted by Gasteiger charge is 2.02. The van der Waals surface area contributed by atoms with Gasteiger partial charge in [0.15, 0.2) is 0 Å². The number of hydrazone groups is 1. The number of carbonyl (C=O) groups is 1. The fourth-order valence-corrected chi connectivity index (χ4v) is 2.26. The molecule has 0 aliphatic heterocycles. The van der Waals surface area contributed by atoms with E-state index in [2.05, 4.69) is 40.6 Å². The summed E-state index contributed by atoms with van der Waals surface area (Å²) >= 11 is 0. The van der Waals surface area contributed by atoms with Gasteiger partial charge in [-0.2, -0.15) is 5.10 Å². The molecule has 1 aromatic heterocycles. The second-order valence-electron chi connectivity index (χ2n) is 5.52. The smallest absolute Gasteiger partial charge is 0.267 e. The first kappa shape index (κ1) is 17.6. The van der Waals surface area contributed by atoms with Crippen LogP contribution < -0.4 is 5.43 Å². The van der Waals surface area contributed by atoms with Gasteiger partial charge in [-0.15, -0.1) is 0 Å². The second-order valence-corrected chi connectivity index (χ2v) is 5.52. The number of unbranched alkanes of at least 4 members (excludes halogenated alkanes) is 2. The molecule has 0 aliphatic carbocycles. The van der Waals surface area contributed by atoms with Crippen LogP contribution in [0.1, 0.15) is 48.5 Å². The Labute approximate surface area is 143 Å². The van der Waals surface area contributed by atoms with Crippen LogP contribution >= 0.6 is 0 Å². The quantitative estimate of drug-likeness (QED) is 0.443. The lowest BCUT2D eigenvalue weighted by Crippen LogP contribution is -2.17. The van der Waals surface area contributed by atoms with Gasteiger partial charge in [0.25, 0.3) is 5.91 Å². The van der Waals surface area contributed by atoms with E-state index in [0.29, 0.717) is 5.56 Å².